The van der Waals surface area contributed by atoms with Gasteiger partial charge in [0, 0.05) is 26.2 Å². The van der Waals surface area contributed by atoms with E-state index in [-0.39, 0.29) is 26.3 Å². The highest BCUT2D eigenvalue weighted by molar-refractivity contribution is 5.73. The maximum Gasteiger partial charge on any atom is 0.508 e. The molecule has 1 unspecified atom stereocenters. The molecular formula is C23H28O7. The van der Waals surface area contributed by atoms with Gasteiger partial charge in [-0.2, -0.15) is 0 Å². The number of methoxy groups -OCH3 is 2. The summed E-state index contributed by atoms with van der Waals surface area (Å²) in [5, 5.41) is 0. The van der Waals surface area contributed by atoms with E-state index in [4.69, 9.17) is 28.4 Å². The number of cyclic esters (lactones) is 2. The molecule has 1 fully saturated rings. The highest BCUT2D eigenvalue weighted by Crippen LogP contribution is 2.35. The second-order valence-corrected chi connectivity index (χ2v) is 7.01. The van der Waals surface area contributed by atoms with Gasteiger partial charge in [0.05, 0.1) is 0 Å². The molecule has 0 aliphatic carbocycles. The van der Waals surface area contributed by atoms with Gasteiger partial charge >= 0.3 is 6.16 Å². The number of carbonyl (C=O) groups excluding carboxylic acids is 1. The molecule has 1 heterocycles. The summed E-state index contributed by atoms with van der Waals surface area (Å²) in [7, 11) is 3.16. The van der Waals surface area contributed by atoms with Crippen molar-refractivity contribution in [2.24, 2.45) is 0 Å². The predicted octanol–water partition coefficient (Wildman–Crippen LogP) is 4.35. The predicted molar refractivity (Wildman–Crippen MR) is 111 cm³/mol. The molecule has 1 aliphatic heterocycles. The minimum atomic E-state index is -0.641. The van der Waals surface area contributed by atoms with Crippen LogP contribution in [0.25, 0.3) is 11.1 Å². The molecule has 0 radical (unpaired) electrons. The summed E-state index contributed by atoms with van der Waals surface area (Å²) in [6, 6.07) is 12.1. The van der Waals surface area contributed by atoms with E-state index in [1.165, 1.54) is 5.56 Å². The third-order valence-electron chi connectivity index (χ3n) is 4.72. The van der Waals surface area contributed by atoms with Crippen molar-refractivity contribution in [2.75, 3.05) is 34.4 Å². The topological polar surface area (TPSA) is 72.5 Å². The smallest absolute Gasteiger partial charge is 0.467 e. The van der Waals surface area contributed by atoms with Crippen LogP contribution in [-0.4, -0.2) is 46.7 Å². The van der Waals surface area contributed by atoms with E-state index in [9.17, 15) is 4.79 Å². The second-order valence-electron chi connectivity index (χ2n) is 7.01. The number of benzene rings is 2. The van der Waals surface area contributed by atoms with Crippen LogP contribution in [0, 0.1) is 0 Å². The lowest BCUT2D eigenvalue weighted by Crippen LogP contribution is -2.14. The van der Waals surface area contributed by atoms with E-state index < -0.39 is 6.16 Å². The molecule has 7 nitrogen and oxygen atoms in total. The van der Waals surface area contributed by atoms with Gasteiger partial charge in [-0.25, -0.2) is 4.79 Å². The van der Waals surface area contributed by atoms with Crippen molar-refractivity contribution in [3.63, 3.8) is 0 Å². The SMILES string of the molecule is CCCc1ccc(OCOC)c(-c2ccc(OCOC)c(CC3COC(=O)O3)c2)c1. The van der Waals surface area contributed by atoms with Crippen LogP contribution in [0.4, 0.5) is 4.79 Å². The van der Waals surface area contributed by atoms with Crippen LogP contribution in [0.2, 0.25) is 0 Å². The summed E-state index contributed by atoms with van der Waals surface area (Å²) in [5.74, 6) is 1.41. The Hall–Kier alpha value is -2.77. The van der Waals surface area contributed by atoms with Gasteiger partial charge in [0.25, 0.3) is 0 Å². The molecule has 2 aromatic rings. The van der Waals surface area contributed by atoms with Crippen molar-refractivity contribution >= 4 is 6.16 Å². The molecule has 3 rings (SSSR count). The quantitative estimate of drug-likeness (QED) is 0.398. The molecule has 1 atom stereocenters. The molecular weight excluding hydrogens is 388 g/mol. The van der Waals surface area contributed by atoms with Gasteiger partial charge < -0.3 is 28.4 Å². The minimum absolute atomic E-state index is 0.126. The molecule has 7 heteroatoms. The molecule has 162 valence electrons. The fraction of sp³-hybridized carbons (Fsp3) is 0.435. The highest BCUT2D eigenvalue weighted by Gasteiger charge is 2.26. The van der Waals surface area contributed by atoms with Crippen molar-refractivity contribution in [2.45, 2.75) is 32.3 Å². The summed E-state index contributed by atoms with van der Waals surface area (Å²) >= 11 is 0. The first-order chi connectivity index (χ1) is 14.6. The maximum atomic E-state index is 11.3. The van der Waals surface area contributed by atoms with Gasteiger partial charge in [-0.3, -0.25) is 0 Å². The van der Waals surface area contributed by atoms with Gasteiger partial charge in [-0.05, 0) is 47.4 Å². The first kappa shape index (κ1) is 21.9. The van der Waals surface area contributed by atoms with Gasteiger partial charge in [0.1, 0.15) is 24.2 Å². The minimum Gasteiger partial charge on any atom is -0.467 e. The van der Waals surface area contributed by atoms with Crippen molar-refractivity contribution < 1.29 is 33.2 Å². The van der Waals surface area contributed by atoms with Crippen LogP contribution < -0.4 is 9.47 Å². The number of hydrogen-bond acceptors (Lipinski definition) is 7. The molecule has 2 aromatic carbocycles. The van der Waals surface area contributed by atoms with Crippen LogP contribution in [0.1, 0.15) is 24.5 Å². The Morgan fingerprint density at radius 1 is 1.00 bits per heavy atom. The summed E-state index contributed by atoms with van der Waals surface area (Å²) in [4.78, 5) is 11.3. The van der Waals surface area contributed by atoms with Gasteiger partial charge in [0.2, 0.25) is 0 Å². The van der Waals surface area contributed by atoms with Gasteiger partial charge in [-0.1, -0.05) is 25.5 Å². The number of aryl methyl sites for hydroxylation is 1. The second kappa shape index (κ2) is 10.8. The summed E-state index contributed by atoms with van der Waals surface area (Å²) in [6.45, 7) is 2.67. The van der Waals surface area contributed by atoms with Crippen LogP contribution in [0.15, 0.2) is 36.4 Å². The first-order valence-corrected chi connectivity index (χ1v) is 9.97. The molecule has 0 saturated carbocycles. The maximum absolute atomic E-state index is 11.3. The average molecular weight is 416 g/mol. The van der Waals surface area contributed by atoms with Gasteiger partial charge in [-0.15, -0.1) is 0 Å². The largest absolute Gasteiger partial charge is 0.508 e. The van der Waals surface area contributed by atoms with E-state index in [1.807, 2.05) is 24.3 Å². The van der Waals surface area contributed by atoms with Crippen molar-refractivity contribution in [1.82, 2.24) is 0 Å². The lowest BCUT2D eigenvalue weighted by molar-refractivity contribution is 0.0498. The fourth-order valence-corrected chi connectivity index (χ4v) is 3.38. The number of carbonyl (C=O) groups is 1. The standard InChI is InChI=1S/C23H28O7/c1-4-5-16-6-8-22(29-15-26-3)20(10-16)17-7-9-21(28-14-25-2)18(11-17)12-19-13-27-23(24)30-19/h6-11,19H,4-5,12-15H2,1-3H3. The Kier molecular flexibility index (Phi) is 7.93. The Morgan fingerprint density at radius 3 is 2.40 bits per heavy atom. The highest BCUT2D eigenvalue weighted by atomic mass is 16.8. The number of hydrogen-bond donors (Lipinski definition) is 0. The molecule has 0 aromatic heterocycles. The first-order valence-electron chi connectivity index (χ1n) is 9.97. The van der Waals surface area contributed by atoms with E-state index in [2.05, 4.69) is 19.1 Å². The molecule has 0 bridgehead atoms. The third-order valence-corrected chi connectivity index (χ3v) is 4.72. The molecule has 0 spiro atoms. The Labute approximate surface area is 176 Å². The zero-order valence-corrected chi connectivity index (χ0v) is 17.6. The molecule has 1 aliphatic rings. The van der Waals surface area contributed by atoms with Crippen LogP contribution >= 0.6 is 0 Å². The monoisotopic (exact) mass is 416 g/mol. The van der Waals surface area contributed by atoms with E-state index >= 15 is 0 Å². The normalized spacial score (nSPS) is 15.6. The van der Waals surface area contributed by atoms with E-state index in [0.717, 1.165) is 35.3 Å². The zero-order valence-electron chi connectivity index (χ0n) is 17.6. The lowest BCUT2D eigenvalue weighted by atomic mass is 9.96. The van der Waals surface area contributed by atoms with Crippen molar-refractivity contribution in [1.29, 1.82) is 0 Å². The number of rotatable bonds is 11. The molecule has 30 heavy (non-hydrogen) atoms. The summed E-state index contributed by atoms with van der Waals surface area (Å²) < 4.78 is 31.8. The van der Waals surface area contributed by atoms with Crippen molar-refractivity contribution in [3.05, 3.63) is 47.5 Å². The Morgan fingerprint density at radius 2 is 1.73 bits per heavy atom. The van der Waals surface area contributed by atoms with Crippen molar-refractivity contribution in [3.8, 4) is 22.6 Å². The molecule has 0 amide bonds. The lowest BCUT2D eigenvalue weighted by Gasteiger charge is -2.17. The Bertz CT molecular complexity index is 849. The zero-order chi connectivity index (χ0) is 21.3. The third kappa shape index (κ3) is 5.64. The van der Waals surface area contributed by atoms with Crippen LogP contribution in [0.3, 0.4) is 0 Å². The van der Waals surface area contributed by atoms with Gasteiger partial charge in [0.15, 0.2) is 13.6 Å². The summed E-state index contributed by atoms with van der Waals surface area (Å²) in [6.07, 6.45) is 1.52. The number of ether oxygens (including phenoxy) is 6. The molecule has 1 saturated heterocycles. The molecule has 0 N–H and O–H groups in total. The Balaban J connectivity index is 1.96. The van der Waals surface area contributed by atoms with E-state index in [1.54, 1.807) is 14.2 Å². The average Bonchev–Trinajstić information content (AvgIpc) is 3.16. The summed E-state index contributed by atoms with van der Waals surface area (Å²) in [5.41, 5.74) is 4.07. The van der Waals surface area contributed by atoms with Crippen LogP contribution in [-0.2, 0) is 31.8 Å². The fourth-order valence-electron chi connectivity index (χ4n) is 3.38. The van der Waals surface area contributed by atoms with E-state index in [0.29, 0.717) is 12.2 Å². The van der Waals surface area contributed by atoms with Crippen LogP contribution in [0.5, 0.6) is 11.5 Å².